The van der Waals surface area contributed by atoms with Crippen molar-refractivity contribution in [1.82, 2.24) is 9.97 Å². The first kappa shape index (κ1) is 8.97. The summed E-state index contributed by atoms with van der Waals surface area (Å²) in [6.45, 7) is 2.15. The zero-order chi connectivity index (χ0) is 8.81. The second kappa shape index (κ2) is 4.70. The van der Waals surface area contributed by atoms with E-state index in [0.29, 0.717) is 0 Å². The van der Waals surface area contributed by atoms with Gasteiger partial charge < -0.3 is 4.98 Å². The maximum atomic E-state index is 10.8. The Morgan fingerprint density at radius 2 is 2.33 bits per heavy atom. The van der Waals surface area contributed by atoms with Crippen LogP contribution in [0, 0.1) is 0 Å². The van der Waals surface area contributed by atoms with E-state index in [0.717, 1.165) is 18.7 Å². The molecule has 1 aromatic heterocycles. The molecule has 0 fully saturated rings. The number of aromatic amines is 1. The summed E-state index contributed by atoms with van der Waals surface area (Å²) in [4.78, 5) is 17.6. The average molecular weight is 166 g/mol. The van der Waals surface area contributed by atoms with E-state index in [9.17, 15) is 4.79 Å². The number of aryl methyl sites for hydroxylation is 1. The Labute approximate surface area is 71.9 Å². The molecule has 0 spiro atoms. The molecule has 0 bridgehead atoms. The minimum atomic E-state index is -0.0588. The van der Waals surface area contributed by atoms with Crippen LogP contribution in [-0.2, 0) is 6.42 Å². The van der Waals surface area contributed by atoms with Gasteiger partial charge in [-0.1, -0.05) is 19.8 Å². The summed E-state index contributed by atoms with van der Waals surface area (Å²) < 4.78 is 0. The smallest absolute Gasteiger partial charge is 0.250 e. The first-order valence-corrected chi connectivity index (χ1v) is 4.37. The highest BCUT2D eigenvalue weighted by molar-refractivity contribution is 4.89. The van der Waals surface area contributed by atoms with Crippen molar-refractivity contribution in [2.24, 2.45) is 0 Å². The molecule has 0 saturated heterocycles. The van der Waals surface area contributed by atoms with Crippen molar-refractivity contribution in [2.75, 3.05) is 0 Å². The fourth-order valence-corrected chi connectivity index (χ4v) is 1.08. The standard InChI is InChI=1S/C9H14N2O/c1-2-3-4-5-8-10-7-6-9(12)11-8/h6-7H,2-5H2,1H3,(H,10,11,12). The van der Waals surface area contributed by atoms with E-state index in [1.165, 1.54) is 18.9 Å². The number of H-pyrrole nitrogens is 1. The van der Waals surface area contributed by atoms with Gasteiger partial charge >= 0.3 is 0 Å². The monoisotopic (exact) mass is 166 g/mol. The molecule has 0 aliphatic rings. The van der Waals surface area contributed by atoms with Crippen LogP contribution in [-0.4, -0.2) is 9.97 Å². The van der Waals surface area contributed by atoms with Crippen LogP contribution in [0.5, 0.6) is 0 Å². The molecule has 3 nitrogen and oxygen atoms in total. The van der Waals surface area contributed by atoms with Crippen LogP contribution >= 0.6 is 0 Å². The van der Waals surface area contributed by atoms with Crippen LogP contribution in [0.4, 0.5) is 0 Å². The molecule has 0 aliphatic carbocycles. The van der Waals surface area contributed by atoms with Gasteiger partial charge in [0.25, 0.3) is 5.56 Å². The van der Waals surface area contributed by atoms with Crippen LogP contribution in [0.25, 0.3) is 0 Å². The molecule has 0 aliphatic heterocycles. The summed E-state index contributed by atoms with van der Waals surface area (Å²) in [5.41, 5.74) is -0.0588. The molecular weight excluding hydrogens is 152 g/mol. The average Bonchev–Trinajstić information content (AvgIpc) is 2.05. The number of nitrogens with one attached hydrogen (secondary N) is 1. The Bertz CT molecular complexity index is 280. The molecule has 1 aromatic rings. The Morgan fingerprint density at radius 1 is 1.50 bits per heavy atom. The summed E-state index contributed by atoms with van der Waals surface area (Å²) in [5, 5.41) is 0. The number of hydrogen-bond acceptors (Lipinski definition) is 2. The second-order valence-corrected chi connectivity index (χ2v) is 2.84. The molecule has 66 valence electrons. The third-order valence-corrected chi connectivity index (χ3v) is 1.74. The Morgan fingerprint density at radius 3 is 3.00 bits per heavy atom. The van der Waals surface area contributed by atoms with E-state index < -0.39 is 0 Å². The lowest BCUT2D eigenvalue weighted by atomic mass is 10.2. The highest BCUT2D eigenvalue weighted by Crippen LogP contribution is 1.98. The number of hydrogen-bond donors (Lipinski definition) is 1. The molecule has 0 unspecified atom stereocenters. The summed E-state index contributed by atoms with van der Waals surface area (Å²) in [7, 11) is 0. The van der Waals surface area contributed by atoms with Crippen molar-refractivity contribution in [1.29, 1.82) is 0 Å². The van der Waals surface area contributed by atoms with Gasteiger partial charge in [-0.15, -0.1) is 0 Å². The van der Waals surface area contributed by atoms with E-state index in [4.69, 9.17) is 0 Å². The molecule has 1 rings (SSSR count). The van der Waals surface area contributed by atoms with Crippen molar-refractivity contribution < 1.29 is 0 Å². The first-order chi connectivity index (χ1) is 5.83. The molecule has 3 heteroatoms. The number of rotatable bonds is 4. The number of nitrogens with zero attached hydrogens (tertiary/aromatic N) is 1. The van der Waals surface area contributed by atoms with Gasteiger partial charge in [0, 0.05) is 18.7 Å². The van der Waals surface area contributed by atoms with E-state index in [2.05, 4.69) is 16.9 Å². The van der Waals surface area contributed by atoms with Gasteiger partial charge in [-0.3, -0.25) is 4.79 Å². The van der Waals surface area contributed by atoms with Gasteiger partial charge in [0.15, 0.2) is 0 Å². The third kappa shape index (κ3) is 2.86. The second-order valence-electron chi connectivity index (χ2n) is 2.84. The van der Waals surface area contributed by atoms with Crippen molar-refractivity contribution in [2.45, 2.75) is 32.6 Å². The van der Waals surface area contributed by atoms with E-state index in [-0.39, 0.29) is 5.56 Å². The maximum Gasteiger partial charge on any atom is 0.250 e. The zero-order valence-corrected chi connectivity index (χ0v) is 7.34. The summed E-state index contributed by atoms with van der Waals surface area (Å²) in [6, 6.07) is 1.43. The van der Waals surface area contributed by atoms with Crippen LogP contribution in [0.1, 0.15) is 32.0 Å². The zero-order valence-electron chi connectivity index (χ0n) is 7.34. The van der Waals surface area contributed by atoms with Crippen molar-refractivity contribution >= 4 is 0 Å². The fourth-order valence-electron chi connectivity index (χ4n) is 1.08. The van der Waals surface area contributed by atoms with Crippen LogP contribution < -0.4 is 5.56 Å². The Kier molecular flexibility index (Phi) is 3.51. The van der Waals surface area contributed by atoms with Gasteiger partial charge in [0.05, 0.1) is 0 Å². The van der Waals surface area contributed by atoms with Gasteiger partial charge in [0.1, 0.15) is 5.82 Å². The van der Waals surface area contributed by atoms with Gasteiger partial charge in [-0.05, 0) is 6.42 Å². The Hall–Kier alpha value is -1.12. The maximum absolute atomic E-state index is 10.8. The highest BCUT2D eigenvalue weighted by Gasteiger charge is 1.93. The lowest BCUT2D eigenvalue weighted by molar-refractivity contribution is 0.691. The molecular formula is C9H14N2O. The van der Waals surface area contributed by atoms with E-state index in [1.807, 2.05) is 0 Å². The molecule has 0 radical (unpaired) electrons. The van der Waals surface area contributed by atoms with Gasteiger partial charge in [-0.2, -0.15) is 0 Å². The molecule has 0 aromatic carbocycles. The molecule has 0 atom stereocenters. The van der Waals surface area contributed by atoms with Crippen LogP contribution in [0.3, 0.4) is 0 Å². The molecule has 0 amide bonds. The normalized spacial score (nSPS) is 10.1. The number of unbranched alkanes of at least 4 members (excludes halogenated alkanes) is 2. The van der Waals surface area contributed by atoms with Crippen LogP contribution in [0.2, 0.25) is 0 Å². The molecule has 1 N–H and O–H groups in total. The third-order valence-electron chi connectivity index (χ3n) is 1.74. The van der Waals surface area contributed by atoms with E-state index >= 15 is 0 Å². The largest absolute Gasteiger partial charge is 0.311 e. The quantitative estimate of drug-likeness (QED) is 0.689. The fraction of sp³-hybridized carbons (Fsp3) is 0.556. The molecule has 1 heterocycles. The van der Waals surface area contributed by atoms with Crippen LogP contribution in [0.15, 0.2) is 17.1 Å². The van der Waals surface area contributed by atoms with Gasteiger partial charge in [-0.25, -0.2) is 4.98 Å². The Balaban J connectivity index is 2.47. The topological polar surface area (TPSA) is 45.8 Å². The molecule has 12 heavy (non-hydrogen) atoms. The lowest BCUT2D eigenvalue weighted by Gasteiger charge is -1.97. The van der Waals surface area contributed by atoms with Gasteiger partial charge in [0.2, 0.25) is 0 Å². The number of aromatic nitrogens is 2. The van der Waals surface area contributed by atoms with E-state index in [1.54, 1.807) is 6.20 Å². The molecule has 0 saturated carbocycles. The van der Waals surface area contributed by atoms with Crippen molar-refractivity contribution in [3.63, 3.8) is 0 Å². The predicted octanol–water partition coefficient (Wildman–Crippen LogP) is 1.50. The van der Waals surface area contributed by atoms with Crippen molar-refractivity contribution in [3.8, 4) is 0 Å². The minimum absolute atomic E-state index is 0.0588. The summed E-state index contributed by atoms with van der Waals surface area (Å²) >= 11 is 0. The van der Waals surface area contributed by atoms with Crippen molar-refractivity contribution in [3.05, 3.63) is 28.4 Å². The summed E-state index contributed by atoms with van der Waals surface area (Å²) in [5.74, 6) is 0.802. The minimum Gasteiger partial charge on any atom is -0.311 e. The first-order valence-electron chi connectivity index (χ1n) is 4.37. The SMILES string of the molecule is CCCCCc1nccc(=O)[nH]1. The summed E-state index contributed by atoms with van der Waals surface area (Å²) in [6.07, 6.45) is 5.92. The predicted molar refractivity (Wildman–Crippen MR) is 48.1 cm³/mol. The highest BCUT2D eigenvalue weighted by atomic mass is 16.1. The lowest BCUT2D eigenvalue weighted by Crippen LogP contribution is -2.08.